The lowest BCUT2D eigenvalue weighted by atomic mass is 10.2. The molecule has 0 aliphatic rings. The second-order valence-corrected chi connectivity index (χ2v) is 3.44. The number of rotatable bonds is 3. The third-order valence-electron chi connectivity index (χ3n) is 2.11. The zero-order valence-corrected chi connectivity index (χ0v) is 8.93. The van der Waals surface area contributed by atoms with Crippen LogP contribution in [-0.4, -0.2) is 10.9 Å². The van der Waals surface area contributed by atoms with Gasteiger partial charge < -0.3 is 9.73 Å². The number of benzene rings is 1. The Hall–Kier alpha value is -2.10. The first-order valence-corrected chi connectivity index (χ1v) is 5.00. The molecule has 0 bridgehead atoms. The molecular weight excluding hydrogens is 204 g/mol. The van der Waals surface area contributed by atoms with E-state index in [0.29, 0.717) is 12.3 Å². The van der Waals surface area contributed by atoms with Crippen LogP contribution in [0.15, 0.2) is 40.9 Å². The monoisotopic (exact) mass is 216 g/mol. The van der Waals surface area contributed by atoms with Crippen molar-refractivity contribution in [1.29, 1.82) is 0 Å². The van der Waals surface area contributed by atoms with Gasteiger partial charge >= 0.3 is 5.91 Å². The zero-order valence-electron chi connectivity index (χ0n) is 8.93. The number of hydrogen-bond acceptors (Lipinski definition) is 3. The molecule has 0 fully saturated rings. The molecule has 0 spiro atoms. The van der Waals surface area contributed by atoms with Crippen molar-refractivity contribution in [1.82, 2.24) is 10.3 Å². The van der Waals surface area contributed by atoms with Gasteiger partial charge in [-0.3, -0.25) is 4.79 Å². The minimum absolute atomic E-state index is 0.105. The van der Waals surface area contributed by atoms with Gasteiger partial charge in [0.25, 0.3) is 5.89 Å². The van der Waals surface area contributed by atoms with Gasteiger partial charge in [-0.25, -0.2) is 4.98 Å². The first kappa shape index (κ1) is 10.4. The summed E-state index contributed by atoms with van der Waals surface area (Å²) in [6.45, 7) is 2.22. The van der Waals surface area contributed by atoms with Crippen LogP contribution in [0.4, 0.5) is 0 Å². The Labute approximate surface area is 93.3 Å². The molecule has 0 saturated heterocycles. The summed E-state index contributed by atoms with van der Waals surface area (Å²) in [5.74, 6) is 0.440. The lowest BCUT2D eigenvalue weighted by Crippen LogP contribution is -2.22. The average molecular weight is 216 g/mol. The van der Waals surface area contributed by atoms with E-state index in [1.807, 2.05) is 30.3 Å². The number of amides is 1. The smallest absolute Gasteiger partial charge is 0.307 e. The summed E-state index contributed by atoms with van der Waals surface area (Å²) in [5.41, 5.74) is 1.04. The Bertz CT molecular complexity index is 477. The van der Waals surface area contributed by atoms with E-state index in [2.05, 4.69) is 10.3 Å². The summed E-state index contributed by atoms with van der Waals surface area (Å²) in [4.78, 5) is 15.4. The molecule has 0 unspecified atom stereocenters. The molecule has 2 rings (SSSR count). The van der Waals surface area contributed by atoms with Gasteiger partial charge in [-0.2, -0.15) is 0 Å². The Morgan fingerprint density at radius 2 is 2.12 bits per heavy atom. The molecule has 0 aliphatic heterocycles. The first-order chi connectivity index (χ1) is 7.75. The van der Waals surface area contributed by atoms with Crippen molar-refractivity contribution in [3.8, 4) is 0 Å². The maximum Gasteiger partial charge on any atom is 0.307 e. The molecular formula is C12H12N2O2. The van der Waals surface area contributed by atoms with Gasteiger partial charge in [-0.15, -0.1) is 0 Å². The summed E-state index contributed by atoms with van der Waals surface area (Å²) in [6, 6.07) is 9.68. The minimum Gasteiger partial charge on any atom is -0.438 e. The fourth-order valence-corrected chi connectivity index (χ4v) is 1.31. The topological polar surface area (TPSA) is 55.1 Å². The SMILES string of the molecule is Cc1cnc(C(=O)NCc2ccccc2)o1. The number of aromatic nitrogens is 1. The highest BCUT2D eigenvalue weighted by Gasteiger charge is 2.10. The molecule has 2 aromatic rings. The maximum atomic E-state index is 11.6. The molecule has 1 heterocycles. The second kappa shape index (κ2) is 4.61. The highest BCUT2D eigenvalue weighted by Crippen LogP contribution is 2.02. The van der Waals surface area contributed by atoms with Crippen molar-refractivity contribution in [2.24, 2.45) is 0 Å². The predicted octanol–water partition coefficient (Wildman–Crippen LogP) is 1.91. The van der Waals surface area contributed by atoms with Crippen LogP contribution < -0.4 is 5.32 Å². The van der Waals surface area contributed by atoms with Gasteiger partial charge in [-0.1, -0.05) is 30.3 Å². The van der Waals surface area contributed by atoms with Crippen LogP contribution in [0.5, 0.6) is 0 Å². The van der Waals surface area contributed by atoms with E-state index >= 15 is 0 Å². The fraction of sp³-hybridized carbons (Fsp3) is 0.167. The van der Waals surface area contributed by atoms with E-state index in [-0.39, 0.29) is 11.8 Å². The van der Waals surface area contributed by atoms with Crippen molar-refractivity contribution in [2.45, 2.75) is 13.5 Å². The zero-order chi connectivity index (χ0) is 11.4. The summed E-state index contributed by atoms with van der Waals surface area (Å²) < 4.78 is 5.11. The summed E-state index contributed by atoms with van der Waals surface area (Å²) in [6.07, 6.45) is 1.53. The number of hydrogen-bond donors (Lipinski definition) is 1. The molecule has 0 radical (unpaired) electrons. The normalized spacial score (nSPS) is 10.1. The largest absolute Gasteiger partial charge is 0.438 e. The van der Waals surface area contributed by atoms with E-state index in [9.17, 15) is 4.79 Å². The molecule has 4 heteroatoms. The summed E-state index contributed by atoms with van der Waals surface area (Å²) in [7, 11) is 0. The molecule has 1 amide bonds. The highest BCUT2D eigenvalue weighted by molar-refractivity contribution is 5.89. The molecule has 82 valence electrons. The number of aryl methyl sites for hydroxylation is 1. The van der Waals surface area contributed by atoms with Crippen molar-refractivity contribution < 1.29 is 9.21 Å². The van der Waals surface area contributed by atoms with Crippen LogP contribution in [0.1, 0.15) is 22.0 Å². The van der Waals surface area contributed by atoms with Crippen LogP contribution in [0, 0.1) is 6.92 Å². The van der Waals surface area contributed by atoms with Gasteiger partial charge in [0.2, 0.25) is 0 Å². The number of carbonyl (C=O) groups is 1. The van der Waals surface area contributed by atoms with Crippen LogP contribution in [0.25, 0.3) is 0 Å². The van der Waals surface area contributed by atoms with Gasteiger partial charge in [0, 0.05) is 6.54 Å². The standard InChI is InChI=1S/C12H12N2O2/c1-9-7-14-12(16-9)11(15)13-8-10-5-3-2-4-6-10/h2-7H,8H2,1H3,(H,13,15). The maximum absolute atomic E-state index is 11.6. The Morgan fingerprint density at radius 3 is 2.75 bits per heavy atom. The van der Waals surface area contributed by atoms with Crippen molar-refractivity contribution in [3.63, 3.8) is 0 Å². The summed E-state index contributed by atoms with van der Waals surface area (Å²) >= 11 is 0. The van der Waals surface area contributed by atoms with Crippen LogP contribution in [-0.2, 0) is 6.54 Å². The first-order valence-electron chi connectivity index (χ1n) is 5.00. The lowest BCUT2D eigenvalue weighted by molar-refractivity contribution is 0.0915. The Kier molecular flexibility index (Phi) is 3.00. The van der Waals surface area contributed by atoms with E-state index in [1.165, 1.54) is 6.20 Å². The number of carbonyl (C=O) groups excluding carboxylic acids is 1. The average Bonchev–Trinajstić information content (AvgIpc) is 2.74. The van der Waals surface area contributed by atoms with Crippen molar-refractivity contribution in [3.05, 3.63) is 53.7 Å². The van der Waals surface area contributed by atoms with Gasteiger partial charge in [-0.05, 0) is 12.5 Å². The molecule has 4 nitrogen and oxygen atoms in total. The van der Waals surface area contributed by atoms with Crippen LogP contribution >= 0.6 is 0 Å². The Balaban J connectivity index is 1.94. The quantitative estimate of drug-likeness (QED) is 0.852. The number of nitrogens with one attached hydrogen (secondary N) is 1. The van der Waals surface area contributed by atoms with Gasteiger partial charge in [0.1, 0.15) is 5.76 Å². The summed E-state index contributed by atoms with van der Waals surface area (Å²) in [5, 5.41) is 2.73. The molecule has 0 saturated carbocycles. The van der Waals surface area contributed by atoms with Crippen LogP contribution in [0.2, 0.25) is 0 Å². The molecule has 1 aromatic carbocycles. The van der Waals surface area contributed by atoms with Gasteiger partial charge in [0.15, 0.2) is 0 Å². The third-order valence-corrected chi connectivity index (χ3v) is 2.11. The second-order valence-electron chi connectivity index (χ2n) is 3.44. The van der Waals surface area contributed by atoms with Crippen molar-refractivity contribution in [2.75, 3.05) is 0 Å². The van der Waals surface area contributed by atoms with E-state index in [4.69, 9.17) is 4.42 Å². The van der Waals surface area contributed by atoms with E-state index in [0.717, 1.165) is 5.56 Å². The molecule has 0 atom stereocenters. The Morgan fingerprint density at radius 1 is 1.38 bits per heavy atom. The molecule has 16 heavy (non-hydrogen) atoms. The number of nitrogens with zero attached hydrogens (tertiary/aromatic N) is 1. The van der Waals surface area contributed by atoms with E-state index < -0.39 is 0 Å². The lowest BCUT2D eigenvalue weighted by Gasteiger charge is -2.01. The fourth-order valence-electron chi connectivity index (χ4n) is 1.31. The minimum atomic E-state index is -0.294. The highest BCUT2D eigenvalue weighted by atomic mass is 16.4. The van der Waals surface area contributed by atoms with E-state index in [1.54, 1.807) is 6.92 Å². The van der Waals surface area contributed by atoms with Gasteiger partial charge in [0.05, 0.1) is 6.20 Å². The number of oxazole rings is 1. The predicted molar refractivity (Wildman–Crippen MR) is 58.9 cm³/mol. The molecule has 1 aromatic heterocycles. The third kappa shape index (κ3) is 2.48. The molecule has 0 aliphatic carbocycles. The van der Waals surface area contributed by atoms with Crippen molar-refractivity contribution >= 4 is 5.91 Å². The van der Waals surface area contributed by atoms with Crippen LogP contribution in [0.3, 0.4) is 0 Å². The molecule has 1 N–H and O–H groups in total.